The van der Waals surface area contributed by atoms with Crippen molar-refractivity contribution in [1.82, 2.24) is 0 Å². The van der Waals surface area contributed by atoms with Crippen LogP contribution >= 0.6 is 0 Å². The van der Waals surface area contributed by atoms with Crippen LogP contribution in [0, 0.1) is 11.7 Å². The molecule has 6 heteroatoms. The zero-order valence-electron chi connectivity index (χ0n) is 9.67. The molecular weight excluding hydrogens is 248 g/mol. The highest BCUT2D eigenvalue weighted by atomic mass is 19.4. The number of anilines is 2. The highest BCUT2D eigenvalue weighted by molar-refractivity contribution is 5.67. The standard InChI is InChI=1S/C12H14F4N2/c13-9-3-4-11(10(17)6-9)18-5-1-2-8(7-18)12(14,15)16/h3-4,6,8H,1-2,5,7,17H2. The summed E-state index contributed by atoms with van der Waals surface area (Å²) in [5.41, 5.74) is 6.30. The summed E-state index contributed by atoms with van der Waals surface area (Å²) in [5, 5.41) is 0. The van der Waals surface area contributed by atoms with Gasteiger partial charge in [0.25, 0.3) is 0 Å². The zero-order chi connectivity index (χ0) is 13.3. The second kappa shape index (κ2) is 4.66. The maximum atomic E-state index is 12.9. The van der Waals surface area contributed by atoms with Gasteiger partial charge in [0.15, 0.2) is 0 Å². The summed E-state index contributed by atoms with van der Waals surface area (Å²) in [6, 6.07) is 3.78. The fraction of sp³-hybridized carbons (Fsp3) is 0.500. The van der Waals surface area contributed by atoms with Crippen LogP contribution in [-0.4, -0.2) is 19.3 Å². The van der Waals surface area contributed by atoms with Crippen molar-refractivity contribution in [3.8, 4) is 0 Å². The average Bonchev–Trinajstić information content (AvgIpc) is 2.28. The SMILES string of the molecule is Nc1cc(F)ccc1N1CCCC(C(F)(F)F)C1. The van der Waals surface area contributed by atoms with Crippen LogP contribution in [0.2, 0.25) is 0 Å². The van der Waals surface area contributed by atoms with E-state index in [9.17, 15) is 17.6 Å². The Balaban J connectivity index is 2.18. The largest absolute Gasteiger partial charge is 0.397 e. The number of halogens is 4. The number of nitrogens with two attached hydrogens (primary N) is 1. The topological polar surface area (TPSA) is 29.3 Å². The first-order valence-corrected chi connectivity index (χ1v) is 5.74. The van der Waals surface area contributed by atoms with E-state index in [0.717, 1.165) is 6.07 Å². The Kier molecular flexibility index (Phi) is 3.36. The van der Waals surface area contributed by atoms with Crippen molar-refractivity contribution in [3.05, 3.63) is 24.0 Å². The van der Waals surface area contributed by atoms with Crippen molar-refractivity contribution < 1.29 is 17.6 Å². The first kappa shape index (κ1) is 13.0. The number of nitrogens with zero attached hydrogens (tertiary/aromatic N) is 1. The van der Waals surface area contributed by atoms with Gasteiger partial charge in [0, 0.05) is 13.1 Å². The quantitative estimate of drug-likeness (QED) is 0.622. The molecule has 1 heterocycles. The molecule has 0 amide bonds. The normalized spacial score (nSPS) is 21.1. The Hall–Kier alpha value is -1.46. The molecule has 0 aliphatic carbocycles. The van der Waals surface area contributed by atoms with Crippen LogP contribution < -0.4 is 10.6 Å². The van der Waals surface area contributed by atoms with E-state index < -0.39 is 17.9 Å². The molecule has 1 aromatic rings. The Labute approximate surface area is 102 Å². The van der Waals surface area contributed by atoms with E-state index in [1.807, 2.05) is 0 Å². The summed E-state index contributed by atoms with van der Waals surface area (Å²) < 4.78 is 50.9. The van der Waals surface area contributed by atoms with Crippen molar-refractivity contribution in [2.24, 2.45) is 5.92 Å². The van der Waals surface area contributed by atoms with Crippen molar-refractivity contribution in [3.63, 3.8) is 0 Å². The third kappa shape index (κ3) is 2.68. The maximum absolute atomic E-state index is 12.9. The molecule has 18 heavy (non-hydrogen) atoms. The van der Waals surface area contributed by atoms with Gasteiger partial charge in [-0.05, 0) is 31.0 Å². The number of rotatable bonds is 1. The van der Waals surface area contributed by atoms with E-state index in [4.69, 9.17) is 5.73 Å². The van der Waals surface area contributed by atoms with Gasteiger partial charge in [0.2, 0.25) is 0 Å². The number of nitrogen functional groups attached to an aromatic ring is 1. The molecule has 1 aliphatic rings. The monoisotopic (exact) mass is 262 g/mol. The second-order valence-corrected chi connectivity index (χ2v) is 4.53. The maximum Gasteiger partial charge on any atom is 0.393 e. The lowest BCUT2D eigenvalue weighted by atomic mass is 9.97. The molecule has 1 saturated heterocycles. The highest BCUT2D eigenvalue weighted by Gasteiger charge is 2.42. The van der Waals surface area contributed by atoms with Crippen molar-refractivity contribution >= 4 is 11.4 Å². The molecule has 1 atom stereocenters. The van der Waals surface area contributed by atoms with E-state index in [1.165, 1.54) is 12.1 Å². The zero-order valence-corrected chi connectivity index (χ0v) is 9.67. The van der Waals surface area contributed by atoms with Crippen molar-refractivity contribution in [1.29, 1.82) is 0 Å². The number of hydrogen-bond acceptors (Lipinski definition) is 2. The predicted molar refractivity (Wildman–Crippen MR) is 61.8 cm³/mol. The van der Waals surface area contributed by atoms with Gasteiger partial charge in [-0.3, -0.25) is 0 Å². The van der Waals surface area contributed by atoms with Crippen LogP contribution in [-0.2, 0) is 0 Å². The number of alkyl halides is 3. The summed E-state index contributed by atoms with van der Waals surface area (Å²) in [4.78, 5) is 1.58. The number of hydrogen-bond donors (Lipinski definition) is 1. The number of piperidine rings is 1. The van der Waals surface area contributed by atoms with Gasteiger partial charge in [0.05, 0.1) is 17.3 Å². The summed E-state index contributed by atoms with van der Waals surface area (Å²) >= 11 is 0. The summed E-state index contributed by atoms with van der Waals surface area (Å²) in [6.07, 6.45) is -3.59. The van der Waals surface area contributed by atoms with Gasteiger partial charge < -0.3 is 10.6 Å². The molecule has 100 valence electrons. The Morgan fingerprint density at radius 2 is 2.00 bits per heavy atom. The van der Waals surface area contributed by atoms with E-state index in [2.05, 4.69) is 0 Å². The van der Waals surface area contributed by atoms with Crippen LogP contribution in [0.3, 0.4) is 0 Å². The van der Waals surface area contributed by atoms with Crippen LogP contribution in [0.15, 0.2) is 18.2 Å². The molecule has 2 rings (SSSR count). The first-order chi connectivity index (χ1) is 8.38. The van der Waals surface area contributed by atoms with Crippen LogP contribution in [0.5, 0.6) is 0 Å². The highest BCUT2D eigenvalue weighted by Crippen LogP contribution is 2.36. The van der Waals surface area contributed by atoms with Gasteiger partial charge in [0.1, 0.15) is 5.82 Å². The van der Waals surface area contributed by atoms with E-state index in [0.29, 0.717) is 18.7 Å². The molecular formula is C12H14F4N2. The lowest BCUT2D eigenvalue weighted by molar-refractivity contribution is -0.175. The van der Waals surface area contributed by atoms with Gasteiger partial charge in [-0.15, -0.1) is 0 Å². The predicted octanol–water partition coefficient (Wildman–Crippen LogP) is 3.19. The van der Waals surface area contributed by atoms with E-state index in [1.54, 1.807) is 4.90 Å². The van der Waals surface area contributed by atoms with Gasteiger partial charge in [-0.1, -0.05) is 0 Å². The number of benzene rings is 1. The summed E-state index contributed by atoms with van der Waals surface area (Å²) in [7, 11) is 0. The second-order valence-electron chi connectivity index (χ2n) is 4.53. The fourth-order valence-corrected chi connectivity index (χ4v) is 2.28. The van der Waals surface area contributed by atoms with E-state index in [-0.39, 0.29) is 18.7 Å². The third-order valence-corrected chi connectivity index (χ3v) is 3.21. The van der Waals surface area contributed by atoms with Crippen molar-refractivity contribution in [2.45, 2.75) is 19.0 Å². The van der Waals surface area contributed by atoms with Crippen molar-refractivity contribution in [2.75, 3.05) is 23.7 Å². The van der Waals surface area contributed by atoms with Crippen LogP contribution in [0.25, 0.3) is 0 Å². The molecule has 0 radical (unpaired) electrons. The lowest BCUT2D eigenvalue weighted by Crippen LogP contribution is -2.42. The minimum atomic E-state index is -4.19. The molecule has 0 spiro atoms. The van der Waals surface area contributed by atoms with Gasteiger partial charge in [-0.25, -0.2) is 4.39 Å². The fourth-order valence-electron chi connectivity index (χ4n) is 2.28. The molecule has 2 nitrogen and oxygen atoms in total. The molecule has 1 aromatic carbocycles. The molecule has 2 N–H and O–H groups in total. The molecule has 0 saturated carbocycles. The molecule has 0 aromatic heterocycles. The minimum absolute atomic E-state index is 0.112. The minimum Gasteiger partial charge on any atom is -0.397 e. The van der Waals surface area contributed by atoms with Crippen LogP contribution in [0.1, 0.15) is 12.8 Å². The van der Waals surface area contributed by atoms with Crippen LogP contribution in [0.4, 0.5) is 28.9 Å². The first-order valence-electron chi connectivity index (χ1n) is 5.74. The molecule has 1 fully saturated rings. The summed E-state index contributed by atoms with van der Waals surface area (Å²) in [6.45, 7) is 0.405. The average molecular weight is 262 g/mol. The smallest absolute Gasteiger partial charge is 0.393 e. The molecule has 0 bridgehead atoms. The van der Waals surface area contributed by atoms with E-state index >= 15 is 0 Å². The van der Waals surface area contributed by atoms with Gasteiger partial charge >= 0.3 is 6.18 Å². The van der Waals surface area contributed by atoms with Gasteiger partial charge in [-0.2, -0.15) is 13.2 Å². The third-order valence-electron chi connectivity index (χ3n) is 3.21. The Morgan fingerprint density at radius 1 is 1.28 bits per heavy atom. The Bertz CT molecular complexity index is 431. The molecule has 1 aliphatic heterocycles. The summed E-state index contributed by atoms with van der Waals surface area (Å²) in [5.74, 6) is -1.82. The Morgan fingerprint density at radius 3 is 2.61 bits per heavy atom. The lowest BCUT2D eigenvalue weighted by Gasteiger charge is -2.35. The molecule has 1 unspecified atom stereocenters.